The van der Waals surface area contributed by atoms with Crippen LogP contribution in [0.4, 0.5) is 0 Å². The molecule has 0 saturated heterocycles. The van der Waals surface area contributed by atoms with Crippen LogP contribution in [0.1, 0.15) is 0 Å². The molecule has 6 nitrogen and oxygen atoms in total. The highest BCUT2D eigenvalue weighted by molar-refractivity contribution is 9.10. The van der Waals surface area contributed by atoms with Gasteiger partial charge in [-0.3, -0.25) is 9.78 Å². The van der Waals surface area contributed by atoms with E-state index in [0.29, 0.717) is 50.4 Å². The lowest BCUT2D eigenvalue weighted by molar-refractivity contribution is 0.400. The Morgan fingerprint density at radius 2 is 1.57 bits per heavy atom. The van der Waals surface area contributed by atoms with Crippen molar-refractivity contribution in [2.45, 2.75) is 0 Å². The van der Waals surface area contributed by atoms with Gasteiger partial charge < -0.3 is 18.6 Å². The Balaban J connectivity index is 2.17. The molecule has 4 aromatic rings. The van der Waals surface area contributed by atoms with Gasteiger partial charge in [-0.15, -0.1) is 0 Å². The van der Waals surface area contributed by atoms with Crippen molar-refractivity contribution in [3.63, 3.8) is 0 Å². The molecule has 0 unspecified atom stereocenters. The van der Waals surface area contributed by atoms with Gasteiger partial charge in [-0.05, 0) is 46.3 Å². The molecule has 4 rings (SSSR count). The third kappa shape index (κ3) is 2.88. The van der Waals surface area contributed by atoms with Crippen LogP contribution in [-0.2, 0) is 0 Å². The largest absolute Gasteiger partial charge is 0.496 e. The predicted molar refractivity (Wildman–Crippen MR) is 111 cm³/mol. The van der Waals surface area contributed by atoms with Crippen molar-refractivity contribution in [3.8, 4) is 28.7 Å². The van der Waals surface area contributed by atoms with E-state index in [9.17, 15) is 4.79 Å². The first-order valence-corrected chi connectivity index (χ1v) is 9.18. The molecule has 0 amide bonds. The summed E-state index contributed by atoms with van der Waals surface area (Å²) in [5.41, 5.74) is 0.734. The molecule has 2 aromatic heterocycles. The number of nitrogens with zero attached hydrogens (tertiary/aromatic N) is 1. The second-order valence-electron chi connectivity index (χ2n) is 6.01. The summed E-state index contributed by atoms with van der Waals surface area (Å²) in [4.78, 5) is 17.2. The first-order chi connectivity index (χ1) is 13.6. The van der Waals surface area contributed by atoms with Crippen LogP contribution in [-0.4, -0.2) is 26.3 Å². The second kappa shape index (κ2) is 7.16. The van der Waals surface area contributed by atoms with Crippen molar-refractivity contribution in [1.29, 1.82) is 0 Å². The molecular weight excluding hydrogens is 426 g/mol. The molecule has 0 radical (unpaired) electrons. The number of aromatic nitrogens is 1. The number of benzene rings is 2. The highest BCUT2D eigenvalue weighted by Gasteiger charge is 2.20. The molecule has 7 heteroatoms. The Bertz CT molecular complexity index is 1250. The maximum absolute atomic E-state index is 12.9. The molecule has 0 aliphatic heterocycles. The van der Waals surface area contributed by atoms with Gasteiger partial charge in [0.2, 0.25) is 0 Å². The molecule has 2 aromatic carbocycles. The smallest absolute Gasteiger partial charge is 0.193 e. The van der Waals surface area contributed by atoms with E-state index in [1.54, 1.807) is 51.8 Å². The molecule has 0 fully saturated rings. The molecule has 2 heterocycles. The maximum atomic E-state index is 12.9. The van der Waals surface area contributed by atoms with Gasteiger partial charge in [0.05, 0.1) is 37.5 Å². The van der Waals surface area contributed by atoms with Crippen LogP contribution < -0.4 is 19.6 Å². The van der Waals surface area contributed by atoms with Gasteiger partial charge in [0.1, 0.15) is 22.9 Å². The summed E-state index contributed by atoms with van der Waals surface area (Å²) in [6, 6.07) is 10.2. The summed E-state index contributed by atoms with van der Waals surface area (Å²) in [5, 5.41) is 1.66. The molecular formula is C21H16BrNO5. The van der Waals surface area contributed by atoms with Crippen LogP contribution in [0.3, 0.4) is 0 Å². The summed E-state index contributed by atoms with van der Waals surface area (Å²) in [5.74, 6) is 1.99. The lowest BCUT2D eigenvalue weighted by atomic mass is 10.0. The van der Waals surface area contributed by atoms with Gasteiger partial charge in [-0.2, -0.15) is 0 Å². The van der Waals surface area contributed by atoms with Gasteiger partial charge >= 0.3 is 0 Å². The number of pyridine rings is 1. The zero-order valence-electron chi connectivity index (χ0n) is 15.4. The van der Waals surface area contributed by atoms with E-state index < -0.39 is 0 Å². The lowest BCUT2D eigenvalue weighted by Crippen LogP contribution is -2.03. The minimum Gasteiger partial charge on any atom is -0.496 e. The van der Waals surface area contributed by atoms with Gasteiger partial charge in [-0.25, -0.2) is 0 Å². The fraction of sp³-hybridized carbons (Fsp3) is 0.143. The van der Waals surface area contributed by atoms with E-state index in [2.05, 4.69) is 20.9 Å². The van der Waals surface area contributed by atoms with Crippen LogP contribution in [0.15, 0.2) is 56.3 Å². The monoisotopic (exact) mass is 441 g/mol. The molecule has 0 aliphatic carbocycles. The first-order valence-electron chi connectivity index (χ1n) is 8.39. The van der Waals surface area contributed by atoms with E-state index in [4.69, 9.17) is 18.6 Å². The number of hydrogen-bond donors (Lipinski definition) is 0. The third-order valence-electron chi connectivity index (χ3n) is 4.50. The summed E-state index contributed by atoms with van der Waals surface area (Å²) in [6.45, 7) is 0. The average molecular weight is 442 g/mol. The predicted octanol–water partition coefficient (Wildman–Crippen LogP) is 4.80. The number of fused-ring (bicyclic) bond motifs is 3. The van der Waals surface area contributed by atoms with Gasteiger partial charge in [0, 0.05) is 16.7 Å². The van der Waals surface area contributed by atoms with E-state index in [1.165, 1.54) is 6.07 Å². The summed E-state index contributed by atoms with van der Waals surface area (Å²) >= 11 is 3.36. The highest BCUT2D eigenvalue weighted by Crippen LogP contribution is 2.43. The van der Waals surface area contributed by atoms with E-state index >= 15 is 0 Å². The summed E-state index contributed by atoms with van der Waals surface area (Å²) in [7, 11) is 4.68. The van der Waals surface area contributed by atoms with Crippen molar-refractivity contribution in [3.05, 3.63) is 57.3 Å². The van der Waals surface area contributed by atoms with Crippen molar-refractivity contribution in [1.82, 2.24) is 4.98 Å². The van der Waals surface area contributed by atoms with Gasteiger partial charge in [-0.1, -0.05) is 0 Å². The molecule has 0 bridgehead atoms. The maximum Gasteiger partial charge on any atom is 0.193 e. The normalized spacial score (nSPS) is 11.0. The summed E-state index contributed by atoms with van der Waals surface area (Å²) in [6.07, 6.45) is 1.65. The van der Waals surface area contributed by atoms with E-state index in [1.807, 2.05) is 6.07 Å². The number of hydrogen-bond acceptors (Lipinski definition) is 6. The standard InChI is InChI=1S/C21H16BrNO5/c1-25-15-6-7-16(26-2)20-19(15)18(27-3)8-12-14(24)9-17(28-21(12)20)13-5-4-11(22)10-23-13/h4-10H,1-3H3. The highest BCUT2D eigenvalue weighted by atomic mass is 79.9. The second-order valence-corrected chi connectivity index (χ2v) is 6.93. The molecule has 28 heavy (non-hydrogen) atoms. The number of ether oxygens (including phenoxy) is 3. The minimum absolute atomic E-state index is 0.203. The molecule has 0 saturated carbocycles. The van der Waals surface area contributed by atoms with E-state index in [0.717, 1.165) is 4.47 Å². The van der Waals surface area contributed by atoms with Crippen molar-refractivity contribution in [2.75, 3.05) is 21.3 Å². The van der Waals surface area contributed by atoms with Gasteiger partial charge in [0.15, 0.2) is 16.8 Å². The quantitative estimate of drug-likeness (QED) is 0.423. The molecule has 0 atom stereocenters. The Morgan fingerprint density at radius 1 is 0.893 bits per heavy atom. The minimum atomic E-state index is -0.203. The van der Waals surface area contributed by atoms with Crippen LogP contribution >= 0.6 is 15.9 Å². The lowest BCUT2D eigenvalue weighted by Gasteiger charge is -2.15. The Labute approximate surface area is 168 Å². The van der Waals surface area contributed by atoms with Crippen LogP contribution in [0, 0.1) is 0 Å². The zero-order chi connectivity index (χ0) is 19.8. The average Bonchev–Trinajstić information content (AvgIpc) is 2.72. The van der Waals surface area contributed by atoms with Crippen molar-refractivity contribution >= 4 is 37.7 Å². The topological polar surface area (TPSA) is 70.8 Å². The fourth-order valence-electron chi connectivity index (χ4n) is 3.21. The van der Waals surface area contributed by atoms with Crippen molar-refractivity contribution < 1.29 is 18.6 Å². The number of rotatable bonds is 4. The van der Waals surface area contributed by atoms with Crippen LogP contribution in [0.5, 0.6) is 17.2 Å². The number of halogens is 1. The van der Waals surface area contributed by atoms with Crippen LogP contribution in [0.2, 0.25) is 0 Å². The zero-order valence-corrected chi connectivity index (χ0v) is 17.0. The summed E-state index contributed by atoms with van der Waals surface area (Å²) < 4.78 is 23.6. The molecule has 0 N–H and O–H groups in total. The van der Waals surface area contributed by atoms with Crippen LogP contribution in [0.25, 0.3) is 33.2 Å². The molecule has 142 valence electrons. The SMILES string of the molecule is COc1ccc(OC)c2c1c(OC)cc1c(=O)cc(-c3ccc(Br)cn3)oc12. The van der Waals surface area contributed by atoms with Crippen molar-refractivity contribution in [2.24, 2.45) is 0 Å². The Morgan fingerprint density at radius 3 is 2.18 bits per heavy atom. The molecule has 0 aliphatic rings. The fourth-order valence-corrected chi connectivity index (χ4v) is 3.45. The Kier molecular flexibility index (Phi) is 4.68. The molecule has 0 spiro atoms. The number of methoxy groups -OCH3 is 3. The first kappa shape index (κ1) is 18.3. The third-order valence-corrected chi connectivity index (χ3v) is 4.97. The van der Waals surface area contributed by atoms with E-state index in [-0.39, 0.29) is 5.43 Å². The van der Waals surface area contributed by atoms with Gasteiger partial charge in [0.25, 0.3) is 0 Å². The Hall–Kier alpha value is -3.06.